The average molecular weight is 143 g/mol. The van der Waals surface area contributed by atoms with Gasteiger partial charge in [0, 0.05) is 5.41 Å². The highest BCUT2D eigenvalue weighted by molar-refractivity contribution is 5.14. The molecule has 0 aromatic carbocycles. The second-order valence-electron chi connectivity index (χ2n) is 3.42. The molecule has 2 rings (SSSR count). The Balaban J connectivity index is 2.07. The van der Waals surface area contributed by atoms with E-state index in [9.17, 15) is 0 Å². The summed E-state index contributed by atoms with van der Waals surface area (Å²) in [5.41, 5.74) is -0.106. The van der Waals surface area contributed by atoms with Crippen molar-refractivity contribution >= 4 is 0 Å². The molecule has 3 heteroatoms. The van der Waals surface area contributed by atoms with Gasteiger partial charge < -0.3 is 15.5 Å². The Morgan fingerprint density at radius 1 is 1.20 bits per heavy atom. The second-order valence-corrected chi connectivity index (χ2v) is 3.42. The van der Waals surface area contributed by atoms with E-state index in [1.54, 1.807) is 0 Å². The molecule has 2 unspecified atom stereocenters. The minimum Gasteiger partial charge on any atom is -0.396 e. The summed E-state index contributed by atoms with van der Waals surface area (Å²) in [5.74, 6) is 1.09. The summed E-state index contributed by atoms with van der Waals surface area (Å²) in [6, 6.07) is 0. The molecule has 1 saturated carbocycles. The van der Waals surface area contributed by atoms with Gasteiger partial charge in [-0.05, 0) is 24.9 Å². The minimum absolute atomic E-state index is 0.106. The first kappa shape index (κ1) is 6.58. The summed E-state index contributed by atoms with van der Waals surface area (Å²) in [7, 11) is 0. The summed E-state index contributed by atoms with van der Waals surface area (Å²) in [4.78, 5) is 0. The predicted molar refractivity (Wildman–Crippen MR) is 36.5 cm³/mol. The Labute approximate surface area is 60.1 Å². The summed E-state index contributed by atoms with van der Waals surface area (Å²) >= 11 is 0. The van der Waals surface area contributed by atoms with Crippen LogP contribution < -0.4 is 5.32 Å². The molecule has 58 valence electrons. The third-order valence-corrected chi connectivity index (χ3v) is 3.17. The van der Waals surface area contributed by atoms with Gasteiger partial charge in [0.25, 0.3) is 0 Å². The zero-order valence-electron chi connectivity index (χ0n) is 5.88. The van der Waals surface area contributed by atoms with Gasteiger partial charge in [0.2, 0.25) is 0 Å². The molecule has 0 radical (unpaired) electrons. The second kappa shape index (κ2) is 1.94. The molecule has 2 fully saturated rings. The molecule has 2 aliphatic rings. The van der Waals surface area contributed by atoms with Crippen LogP contribution in [0.25, 0.3) is 0 Å². The third kappa shape index (κ3) is 0.557. The van der Waals surface area contributed by atoms with Crippen molar-refractivity contribution in [2.75, 3.05) is 26.3 Å². The number of hydrogen-bond acceptors (Lipinski definition) is 3. The molecule has 0 bridgehead atoms. The minimum atomic E-state index is -0.106. The largest absolute Gasteiger partial charge is 0.396 e. The van der Waals surface area contributed by atoms with Crippen molar-refractivity contribution in [1.82, 2.24) is 5.32 Å². The van der Waals surface area contributed by atoms with Gasteiger partial charge in [-0.1, -0.05) is 0 Å². The molecule has 1 aliphatic heterocycles. The summed E-state index contributed by atoms with van der Waals surface area (Å²) in [5, 5.41) is 21.2. The first-order valence-corrected chi connectivity index (χ1v) is 3.77. The van der Waals surface area contributed by atoms with Crippen LogP contribution in [0.2, 0.25) is 0 Å². The molecule has 3 nitrogen and oxygen atoms in total. The van der Waals surface area contributed by atoms with Crippen LogP contribution in [-0.4, -0.2) is 36.5 Å². The van der Waals surface area contributed by atoms with Crippen LogP contribution in [-0.2, 0) is 0 Å². The average Bonchev–Trinajstić information content (AvgIpc) is 2.40. The lowest BCUT2D eigenvalue weighted by molar-refractivity contribution is 0.107. The van der Waals surface area contributed by atoms with E-state index in [1.807, 2.05) is 0 Å². The fourth-order valence-electron chi connectivity index (χ4n) is 2.27. The number of rotatable bonds is 2. The van der Waals surface area contributed by atoms with E-state index < -0.39 is 0 Å². The van der Waals surface area contributed by atoms with Crippen LogP contribution in [0, 0.1) is 17.3 Å². The maximum atomic E-state index is 8.97. The molecular weight excluding hydrogens is 130 g/mol. The highest BCUT2D eigenvalue weighted by Crippen LogP contribution is 2.59. The number of hydrogen-bond donors (Lipinski definition) is 3. The third-order valence-electron chi connectivity index (χ3n) is 3.17. The number of nitrogens with one attached hydrogen (secondary N) is 1. The van der Waals surface area contributed by atoms with Crippen molar-refractivity contribution < 1.29 is 10.2 Å². The number of aliphatic hydroxyl groups is 2. The van der Waals surface area contributed by atoms with Crippen molar-refractivity contribution in [2.24, 2.45) is 17.3 Å². The first-order chi connectivity index (χ1) is 4.85. The summed E-state index contributed by atoms with van der Waals surface area (Å²) < 4.78 is 0. The van der Waals surface area contributed by atoms with Gasteiger partial charge in [-0.2, -0.15) is 0 Å². The molecule has 2 atom stereocenters. The van der Waals surface area contributed by atoms with Gasteiger partial charge in [-0.3, -0.25) is 0 Å². The van der Waals surface area contributed by atoms with Gasteiger partial charge in [0.15, 0.2) is 0 Å². The normalized spacial score (nSPS) is 41.4. The van der Waals surface area contributed by atoms with Crippen molar-refractivity contribution in [3.63, 3.8) is 0 Å². The van der Waals surface area contributed by atoms with Gasteiger partial charge in [0.1, 0.15) is 0 Å². The molecule has 0 aromatic rings. The Kier molecular flexibility index (Phi) is 1.27. The standard InChI is InChI=1S/C7H13NO2/c9-3-7(4-10)5-1-8-2-6(5)7/h5-6,8-10H,1-4H2. The lowest BCUT2D eigenvalue weighted by atomic mass is 10.0. The topological polar surface area (TPSA) is 52.5 Å². The fourth-order valence-corrected chi connectivity index (χ4v) is 2.27. The number of fused-ring (bicyclic) bond motifs is 1. The Hall–Kier alpha value is -0.120. The lowest BCUT2D eigenvalue weighted by Gasteiger charge is -2.14. The van der Waals surface area contributed by atoms with Gasteiger partial charge in [-0.25, -0.2) is 0 Å². The predicted octanol–water partition coefficient (Wildman–Crippen LogP) is -1.19. The van der Waals surface area contributed by atoms with Crippen molar-refractivity contribution in [3.8, 4) is 0 Å². The van der Waals surface area contributed by atoms with Crippen molar-refractivity contribution in [3.05, 3.63) is 0 Å². The van der Waals surface area contributed by atoms with Crippen LogP contribution in [0.4, 0.5) is 0 Å². The monoisotopic (exact) mass is 143 g/mol. The number of aliphatic hydroxyl groups excluding tert-OH is 2. The van der Waals surface area contributed by atoms with Crippen LogP contribution >= 0.6 is 0 Å². The molecule has 1 heterocycles. The maximum Gasteiger partial charge on any atom is 0.0515 e. The molecule has 1 saturated heterocycles. The van der Waals surface area contributed by atoms with Crippen molar-refractivity contribution in [2.45, 2.75) is 0 Å². The summed E-state index contributed by atoms with van der Waals surface area (Å²) in [6.07, 6.45) is 0. The first-order valence-electron chi connectivity index (χ1n) is 3.77. The highest BCUT2D eigenvalue weighted by atomic mass is 16.3. The van der Waals surface area contributed by atoms with E-state index in [2.05, 4.69) is 5.32 Å². The quantitative estimate of drug-likeness (QED) is 0.455. The fraction of sp³-hybridized carbons (Fsp3) is 1.00. The Morgan fingerprint density at radius 2 is 1.70 bits per heavy atom. The van der Waals surface area contributed by atoms with Gasteiger partial charge in [-0.15, -0.1) is 0 Å². The smallest absolute Gasteiger partial charge is 0.0515 e. The van der Waals surface area contributed by atoms with E-state index >= 15 is 0 Å². The maximum absolute atomic E-state index is 8.97. The van der Waals surface area contributed by atoms with Crippen LogP contribution in [0.1, 0.15) is 0 Å². The number of piperidine rings is 1. The molecule has 1 aliphatic carbocycles. The SMILES string of the molecule is OCC1(CO)C2CNCC21. The van der Waals surface area contributed by atoms with E-state index in [0.717, 1.165) is 13.1 Å². The highest BCUT2D eigenvalue weighted by Gasteiger charge is 2.65. The zero-order valence-corrected chi connectivity index (χ0v) is 5.88. The lowest BCUT2D eigenvalue weighted by Crippen LogP contribution is -2.27. The van der Waals surface area contributed by atoms with Crippen LogP contribution in [0.5, 0.6) is 0 Å². The Morgan fingerprint density at radius 3 is 2.00 bits per heavy atom. The molecule has 3 N–H and O–H groups in total. The van der Waals surface area contributed by atoms with E-state index in [4.69, 9.17) is 10.2 Å². The van der Waals surface area contributed by atoms with Gasteiger partial charge in [0.05, 0.1) is 13.2 Å². The van der Waals surface area contributed by atoms with Crippen LogP contribution in [0.3, 0.4) is 0 Å². The molecule has 0 amide bonds. The van der Waals surface area contributed by atoms with E-state index in [-0.39, 0.29) is 18.6 Å². The zero-order chi connectivity index (χ0) is 7.19. The molecule has 0 aromatic heterocycles. The molecular formula is C7H13NO2. The Bertz CT molecular complexity index is 133. The van der Waals surface area contributed by atoms with Crippen molar-refractivity contribution in [1.29, 1.82) is 0 Å². The summed E-state index contributed by atoms with van der Waals surface area (Å²) in [6.45, 7) is 2.26. The van der Waals surface area contributed by atoms with Crippen LogP contribution in [0.15, 0.2) is 0 Å². The van der Waals surface area contributed by atoms with E-state index in [1.165, 1.54) is 0 Å². The molecule has 0 spiro atoms. The molecule has 10 heavy (non-hydrogen) atoms. The van der Waals surface area contributed by atoms with Gasteiger partial charge >= 0.3 is 0 Å². The van der Waals surface area contributed by atoms with E-state index in [0.29, 0.717) is 11.8 Å².